The number of rotatable bonds is 8. The van der Waals surface area contributed by atoms with Gasteiger partial charge in [-0.25, -0.2) is 4.98 Å². The maximum absolute atomic E-state index is 12.2. The van der Waals surface area contributed by atoms with Gasteiger partial charge < -0.3 is 10.6 Å². The van der Waals surface area contributed by atoms with Crippen LogP contribution in [0, 0.1) is 0 Å². The third kappa shape index (κ3) is 6.01. The lowest BCUT2D eigenvalue weighted by Crippen LogP contribution is -2.46. The average Bonchev–Trinajstić information content (AvgIpc) is 3.13. The number of para-hydroxylation sites is 1. The van der Waals surface area contributed by atoms with E-state index < -0.39 is 10.8 Å². The van der Waals surface area contributed by atoms with Gasteiger partial charge in [0.15, 0.2) is 5.96 Å². The molecule has 1 aromatic carbocycles. The maximum atomic E-state index is 12.2. The number of aromatic nitrogens is 1. The zero-order valence-electron chi connectivity index (χ0n) is 16.9. The van der Waals surface area contributed by atoms with Crippen molar-refractivity contribution in [3.63, 3.8) is 0 Å². The predicted octanol–water partition coefficient (Wildman–Crippen LogP) is 3.86. The summed E-state index contributed by atoms with van der Waals surface area (Å²) in [6.45, 7) is 5.74. The minimum atomic E-state index is -0.694. The van der Waals surface area contributed by atoms with Crippen molar-refractivity contribution in [2.75, 3.05) is 18.8 Å². The molecular formula is C21H32N4OS2. The first-order valence-electron chi connectivity index (χ1n) is 10.5. The van der Waals surface area contributed by atoms with Gasteiger partial charge in [0.1, 0.15) is 0 Å². The molecule has 5 nitrogen and oxygen atoms in total. The molecule has 3 unspecified atom stereocenters. The van der Waals surface area contributed by atoms with Crippen LogP contribution in [-0.4, -0.2) is 45.3 Å². The van der Waals surface area contributed by atoms with Gasteiger partial charge in [0, 0.05) is 47.4 Å². The molecule has 1 aliphatic carbocycles. The van der Waals surface area contributed by atoms with Crippen LogP contribution >= 0.6 is 11.3 Å². The summed E-state index contributed by atoms with van der Waals surface area (Å²) in [6.07, 6.45) is 6.30. The van der Waals surface area contributed by atoms with Gasteiger partial charge in [-0.05, 0) is 44.7 Å². The molecule has 0 aliphatic heterocycles. The van der Waals surface area contributed by atoms with E-state index in [1.807, 2.05) is 13.0 Å². The van der Waals surface area contributed by atoms with Gasteiger partial charge in [-0.2, -0.15) is 0 Å². The first-order chi connectivity index (χ1) is 13.7. The summed E-state index contributed by atoms with van der Waals surface area (Å²) in [7, 11) is -0.694. The highest BCUT2D eigenvalue weighted by Gasteiger charge is 2.25. The molecule has 0 bridgehead atoms. The monoisotopic (exact) mass is 420 g/mol. The number of nitrogens with zero attached hydrogens (tertiary/aromatic N) is 2. The lowest BCUT2D eigenvalue weighted by Gasteiger charge is -2.30. The number of fused-ring (bicyclic) bond motifs is 1. The van der Waals surface area contributed by atoms with E-state index in [0.29, 0.717) is 11.3 Å². The fourth-order valence-corrected chi connectivity index (χ4v) is 6.07. The Morgan fingerprint density at radius 2 is 2.18 bits per heavy atom. The molecule has 3 rings (SSSR count). The Bertz CT molecular complexity index is 772. The Hall–Kier alpha value is -1.47. The molecule has 1 saturated carbocycles. The molecule has 1 fully saturated rings. The Morgan fingerprint density at radius 3 is 2.96 bits per heavy atom. The van der Waals surface area contributed by atoms with E-state index in [4.69, 9.17) is 9.98 Å². The maximum Gasteiger partial charge on any atom is 0.191 e. The van der Waals surface area contributed by atoms with E-state index in [2.05, 4.69) is 35.8 Å². The van der Waals surface area contributed by atoms with Crippen molar-refractivity contribution in [3.8, 4) is 0 Å². The standard InChI is InChI=1S/C21H32N4OS2/c1-3-22-21(24-16-9-7-10-17(15-16)28(26)4-2)23-14-8-13-20-25-18-11-5-6-12-19(18)27-20/h5-6,11-12,16-17H,3-4,7-10,13-15H2,1-2H3,(H2,22,23,24). The summed E-state index contributed by atoms with van der Waals surface area (Å²) >= 11 is 1.78. The number of hydrogen-bond donors (Lipinski definition) is 2. The molecule has 1 heterocycles. The molecule has 7 heteroatoms. The van der Waals surface area contributed by atoms with E-state index in [-0.39, 0.29) is 0 Å². The number of aliphatic imine (C=N–C) groups is 1. The van der Waals surface area contributed by atoms with E-state index in [9.17, 15) is 4.21 Å². The highest BCUT2D eigenvalue weighted by atomic mass is 32.2. The van der Waals surface area contributed by atoms with Crippen LogP contribution in [0.25, 0.3) is 10.2 Å². The molecule has 2 N–H and O–H groups in total. The van der Waals surface area contributed by atoms with E-state index in [1.165, 1.54) is 9.71 Å². The normalized spacial score (nSPS) is 21.6. The molecule has 28 heavy (non-hydrogen) atoms. The molecule has 1 aliphatic rings. The molecule has 0 spiro atoms. The summed E-state index contributed by atoms with van der Waals surface area (Å²) in [4.78, 5) is 9.46. The van der Waals surface area contributed by atoms with Crippen LogP contribution in [0.1, 0.15) is 51.0 Å². The van der Waals surface area contributed by atoms with Crippen LogP contribution < -0.4 is 10.6 Å². The molecule has 0 saturated heterocycles. The van der Waals surface area contributed by atoms with Crippen molar-refractivity contribution < 1.29 is 4.21 Å². The van der Waals surface area contributed by atoms with E-state index in [1.54, 1.807) is 11.3 Å². The van der Waals surface area contributed by atoms with Crippen molar-refractivity contribution in [1.29, 1.82) is 0 Å². The van der Waals surface area contributed by atoms with Crippen molar-refractivity contribution >= 4 is 38.3 Å². The highest BCUT2D eigenvalue weighted by molar-refractivity contribution is 7.85. The summed E-state index contributed by atoms with van der Waals surface area (Å²) in [5.74, 6) is 1.65. The Labute approximate surface area is 174 Å². The van der Waals surface area contributed by atoms with Crippen LogP contribution in [0.5, 0.6) is 0 Å². The number of thiazole rings is 1. The second-order valence-electron chi connectivity index (χ2n) is 7.24. The Morgan fingerprint density at radius 1 is 1.32 bits per heavy atom. The topological polar surface area (TPSA) is 66.4 Å². The average molecular weight is 421 g/mol. The summed E-state index contributed by atoms with van der Waals surface area (Å²) < 4.78 is 13.4. The summed E-state index contributed by atoms with van der Waals surface area (Å²) in [6, 6.07) is 8.68. The van der Waals surface area contributed by atoms with Gasteiger partial charge in [0.25, 0.3) is 0 Å². The minimum Gasteiger partial charge on any atom is -0.357 e. The van der Waals surface area contributed by atoms with Crippen LogP contribution in [0.15, 0.2) is 29.3 Å². The van der Waals surface area contributed by atoms with Crippen LogP contribution in [-0.2, 0) is 17.2 Å². The van der Waals surface area contributed by atoms with Gasteiger partial charge in [-0.1, -0.05) is 25.5 Å². The molecular weight excluding hydrogens is 388 g/mol. The van der Waals surface area contributed by atoms with Crippen LogP contribution in [0.2, 0.25) is 0 Å². The second kappa shape index (κ2) is 10.9. The molecule has 2 aromatic rings. The summed E-state index contributed by atoms with van der Waals surface area (Å²) in [5, 5.41) is 8.45. The number of benzene rings is 1. The molecule has 0 amide bonds. The third-order valence-corrected chi connectivity index (χ3v) is 7.96. The minimum absolute atomic E-state index is 0.332. The fraction of sp³-hybridized carbons (Fsp3) is 0.619. The lowest BCUT2D eigenvalue weighted by molar-refractivity contribution is 0.413. The first-order valence-corrected chi connectivity index (χ1v) is 12.7. The first kappa shape index (κ1) is 21.2. The molecule has 0 radical (unpaired) electrons. The van der Waals surface area contributed by atoms with E-state index in [0.717, 1.165) is 68.8 Å². The van der Waals surface area contributed by atoms with Gasteiger partial charge in [0.05, 0.1) is 15.2 Å². The van der Waals surface area contributed by atoms with Crippen molar-refractivity contribution in [2.45, 2.75) is 63.7 Å². The van der Waals surface area contributed by atoms with Crippen molar-refractivity contribution in [2.24, 2.45) is 4.99 Å². The third-order valence-electron chi connectivity index (χ3n) is 5.12. The highest BCUT2D eigenvalue weighted by Crippen LogP contribution is 2.23. The van der Waals surface area contributed by atoms with Gasteiger partial charge >= 0.3 is 0 Å². The van der Waals surface area contributed by atoms with Crippen LogP contribution in [0.3, 0.4) is 0 Å². The Balaban J connectivity index is 1.50. The Kier molecular flexibility index (Phi) is 8.27. The number of nitrogens with one attached hydrogen (secondary N) is 2. The molecule has 1 aromatic heterocycles. The SMILES string of the molecule is CCNC(=NCCCc1nc2ccccc2s1)NC1CCCC(S(=O)CC)C1. The van der Waals surface area contributed by atoms with Crippen molar-refractivity contribution in [3.05, 3.63) is 29.3 Å². The fourth-order valence-electron chi connectivity index (χ4n) is 3.71. The quantitative estimate of drug-likeness (QED) is 0.387. The smallest absolute Gasteiger partial charge is 0.191 e. The van der Waals surface area contributed by atoms with Crippen molar-refractivity contribution in [1.82, 2.24) is 15.6 Å². The van der Waals surface area contributed by atoms with Gasteiger partial charge in [-0.15, -0.1) is 11.3 Å². The predicted molar refractivity (Wildman–Crippen MR) is 122 cm³/mol. The number of guanidine groups is 1. The number of hydrogen-bond acceptors (Lipinski definition) is 4. The van der Waals surface area contributed by atoms with Gasteiger partial charge in [0.2, 0.25) is 0 Å². The molecule has 3 atom stereocenters. The van der Waals surface area contributed by atoms with E-state index >= 15 is 0 Å². The largest absolute Gasteiger partial charge is 0.357 e. The summed E-state index contributed by atoms with van der Waals surface area (Å²) in [5.41, 5.74) is 1.09. The second-order valence-corrected chi connectivity index (χ2v) is 10.4. The lowest BCUT2D eigenvalue weighted by atomic mass is 9.95. The van der Waals surface area contributed by atoms with Gasteiger partial charge in [-0.3, -0.25) is 9.20 Å². The number of aryl methyl sites for hydroxylation is 1. The zero-order chi connectivity index (χ0) is 19.8. The van der Waals surface area contributed by atoms with Crippen LogP contribution in [0.4, 0.5) is 0 Å². The molecule has 154 valence electrons. The zero-order valence-corrected chi connectivity index (χ0v) is 18.6.